The number of carbonyl (C=O) groups is 4. The number of ketones is 2. The summed E-state index contributed by atoms with van der Waals surface area (Å²) in [6.45, 7) is 2.49. The van der Waals surface area contributed by atoms with Crippen LogP contribution < -0.4 is 26.4 Å². The maximum absolute atomic E-state index is 12.6. The molecular weight excluding hydrogens is 983 g/mol. The van der Waals surface area contributed by atoms with Crippen molar-refractivity contribution in [2.45, 2.75) is 74.8 Å². The zero-order valence-corrected chi connectivity index (χ0v) is 41.8. The molecule has 0 aromatic heterocycles. The minimum atomic E-state index is -0.927. The van der Waals surface area contributed by atoms with E-state index < -0.39 is 35.4 Å². The molecule has 4 aliphatic heterocycles. The third-order valence-corrected chi connectivity index (χ3v) is 13.1. The van der Waals surface area contributed by atoms with Gasteiger partial charge in [0.2, 0.25) is 0 Å². The number of amides is 1. The number of nitro groups is 1. The summed E-state index contributed by atoms with van der Waals surface area (Å²) < 4.78 is 37.5. The van der Waals surface area contributed by atoms with Crippen LogP contribution >= 0.6 is 0 Å². The zero-order chi connectivity index (χ0) is 53.7. The molecule has 4 aliphatic rings. The van der Waals surface area contributed by atoms with Crippen LogP contribution in [0.25, 0.3) is 0 Å². The second kappa shape index (κ2) is 29.4. The molecule has 4 saturated heterocycles. The van der Waals surface area contributed by atoms with Crippen LogP contribution in [0, 0.1) is 22.0 Å². The van der Waals surface area contributed by atoms with Crippen molar-refractivity contribution in [3.8, 4) is 5.75 Å². The van der Waals surface area contributed by atoms with E-state index in [0.29, 0.717) is 50.3 Å². The zero-order valence-electron chi connectivity index (χ0n) is 41.8. The first kappa shape index (κ1) is 56.7. The molecule has 4 fully saturated rings. The number of aliphatic hydroxyl groups excluding tert-OH is 2. The molecule has 10 atom stereocenters. The molecule has 9 rings (SSSR count). The molecule has 76 heavy (non-hydrogen) atoms. The number of nitrogens with zero attached hydrogens (tertiary/aromatic N) is 1. The van der Waals surface area contributed by atoms with E-state index in [1.807, 2.05) is 97.1 Å². The number of hydrogen-bond donors (Lipinski definition) is 6. The number of benzene rings is 5. The van der Waals surface area contributed by atoms with Crippen molar-refractivity contribution < 1.29 is 67.5 Å². The maximum Gasteiger partial charge on any atom is 0.514 e. The summed E-state index contributed by atoms with van der Waals surface area (Å²) in [6.07, 6.45) is -1.84. The highest BCUT2D eigenvalue weighted by Gasteiger charge is 2.45. The number of carbonyl (C=O) groups excluding carboxylic acids is 4. The van der Waals surface area contributed by atoms with E-state index in [1.165, 1.54) is 24.3 Å². The number of aliphatic hydroxyl groups is 2. The minimum Gasteiger partial charge on any atom is -0.443 e. The molecule has 0 unspecified atom stereocenters. The smallest absolute Gasteiger partial charge is 0.443 e. The Morgan fingerprint density at radius 1 is 0.618 bits per heavy atom. The second-order valence-corrected chi connectivity index (χ2v) is 18.5. The van der Waals surface area contributed by atoms with Crippen molar-refractivity contribution >= 4 is 29.5 Å². The van der Waals surface area contributed by atoms with E-state index in [0.717, 1.165) is 24.0 Å². The van der Waals surface area contributed by atoms with Crippen LogP contribution in [0.5, 0.6) is 5.75 Å². The van der Waals surface area contributed by atoms with E-state index in [1.54, 1.807) is 24.3 Å². The number of ether oxygens (including phenoxy) is 7. The van der Waals surface area contributed by atoms with Gasteiger partial charge in [0.25, 0.3) is 5.69 Å². The maximum atomic E-state index is 12.6. The number of nitrogens with two attached hydrogens (primary N) is 1. The molecule has 404 valence electrons. The Balaban J connectivity index is 0.000000172. The van der Waals surface area contributed by atoms with Gasteiger partial charge < -0.3 is 65.1 Å². The average Bonchev–Trinajstić information content (AvgIpc) is 4.27. The predicted octanol–water partition coefficient (Wildman–Crippen LogP) is 5.18. The van der Waals surface area contributed by atoms with Crippen molar-refractivity contribution in [1.82, 2.24) is 16.0 Å². The fourth-order valence-electron chi connectivity index (χ4n) is 8.88. The highest BCUT2D eigenvalue weighted by molar-refractivity contribution is 5.98. The lowest BCUT2D eigenvalue weighted by atomic mass is 10.0. The number of alkyl carbamates (subject to hydrolysis) is 1. The van der Waals surface area contributed by atoms with Crippen molar-refractivity contribution in [2.24, 2.45) is 17.6 Å². The van der Waals surface area contributed by atoms with Gasteiger partial charge in [-0.25, -0.2) is 9.59 Å². The highest BCUT2D eigenvalue weighted by Crippen LogP contribution is 2.34. The van der Waals surface area contributed by atoms with Crippen LogP contribution in [0.4, 0.5) is 15.3 Å². The number of nitrogens with one attached hydrogen (secondary N) is 3. The molecule has 0 saturated carbocycles. The Bertz CT molecular complexity index is 2590. The molecule has 4 heterocycles. The van der Waals surface area contributed by atoms with E-state index >= 15 is 0 Å². The van der Waals surface area contributed by atoms with Crippen molar-refractivity contribution in [1.29, 1.82) is 0 Å². The van der Waals surface area contributed by atoms with Gasteiger partial charge in [-0.3, -0.25) is 19.7 Å². The normalized spacial score (nSPS) is 21.6. The standard InChI is InChI=1S/C25H30N2O6.C18H22N2O2.C13H13NO7/c28-21(18-9-5-2-6-10-18)14-26-15-22(29)20(13-17-7-3-1-4-8-17)27-25(30)33-23-16-32-24-19(23)11-12-31-24;19-16(11-14-7-3-1-4-8-14)18(22)13-20-12-17(21)15-9-5-2-6-10-15;15-13(20-9-3-1-8(2-4-9)14(16)17)21-11-7-19-12-10(11)5-6-18-12/h1-10,19-20,22-24,26,29H,11-16H2,(H,27,30);1-10,16,18,20,22H,11-13,19H2;1-4,10-12H,5-7H2/t19-,20-,22+,23-,24+;16-,18+;10-,11-,12+/m000/s1. The molecule has 5 aromatic carbocycles. The minimum absolute atomic E-state index is 0.00410. The molecule has 20 nitrogen and oxygen atoms in total. The second-order valence-electron chi connectivity index (χ2n) is 18.5. The molecular formula is C56H65N5O15. The lowest BCUT2D eigenvalue weighted by Crippen LogP contribution is -2.50. The van der Waals surface area contributed by atoms with Gasteiger partial charge in [-0.05, 0) is 48.9 Å². The van der Waals surface area contributed by atoms with Crippen LogP contribution in [0.3, 0.4) is 0 Å². The lowest BCUT2D eigenvalue weighted by Gasteiger charge is -2.26. The largest absolute Gasteiger partial charge is 0.514 e. The number of nitro benzene ring substituents is 1. The summed E-state index contributed by atoms with van der Waals surface area (Å²) in [5.74, 6) is 0.200. The topological polar surface area (TPSA) is 279 Å². The third-order valence-electron chi connectivity index (χ3n) is 13.1. The molecule has 0 spiro atoms. The van der Waals surface area contributed by atoms with E-state index in [9.17, 15) is 39.5 Å². The fourth-order valence-corrected chi connectivity index (χ4v) is 8.88. The SMILES string of the molecule is N[C@@H](Cc1ccccc1)[C@H](O)CNCC(=O)c1ccccc1.O=C(N[C@@H](Cc1ccccc1)[C@H](O)CNCC(=O)c1ccccc1)O[C@H]1CO[C@H]2OCC[C@H]21.O=C(Oc1ccc([N+](=O)[O-])cc1)O[C@H]1CO[C@H]2OCC[C@H]21. The molecule has 0 bridgehead atoms. The molecule has 7 N–H and O–H groups in total. The Morgan fingerprint density at radius 3 is 1.58 bits per heavy atom. The Morgan fingerprint density at radius 2 is 1.08 bits per heavy atom. The first-order chi connectivity index (χ1) is 36.9. The van der Waals surface area contributed by atoms with E-state index in [2.05, 4.69) is 16.0 Å². The van der Waals surface area contributed by atoms with E-state index in [4.69, 9.17) is 38.9 Å². The van der Waals surface area contributed by atoms with Gasteiger partial charge in [-0.1, -0.05) is 121 Å². The van der Waals surface area contributed by atoms with Gasteiger partial charge >= 0.3 is 12.2 Å². The monoisotopic (exact) mass is 1050 g/mol. The number of fused-ring (bicyclic) bond motifs is 2. The molecule has 20 heteroatoms. The van der Waals surface area contributed by atoms with Crippen molar-refractivity contribution in [3.05, 3.63) is 178 Å². The van der Waals surface area contributed by atoms with Crippen LogP contribution in [-0.2, 0) is 41.3 Å². The number of Topliss-reactive ketones (excluding diaryl/α,β-unsaturated/α-hetero) is 2. The van der Waals surface area contributed by atoms with Crippen molar-refractivity contribution in [3.63, 3.8) is 0 Å². The first-order valence-corrected chi connectivity index (χ1v) is 25.2. The van der Waals surface area contributed by atoms with Gasteiger partial charge in [0.05, 0.1) is 74.5 Å². The molecule has 1 amide bonds. The fraction of sp³-hybridized carbons (Fsp3) is 0.393. The quantitative estimate of drug-likeness (QED) is 0.0182. The van der Waals surface area contributed by atoms with Gasteiger partial charge in [0.15, 0.2) is 24.1 Å². The van der Waals surface area contributed by atoms with Gasteiger partial charge in [-0.2, -0.15) is 0 Å². The summed E-state index contributed by atoms with van der Waals surface area (Å²) in [5.41, 5.74) is 9.26. The Hall–Kier alpha value is -6.98. The number of rotatable bonds is 21. The van der Waals surface area contributed by atoms with Gasteiger partial charge in [-0.15, -0.1) is 0 Å². The summed E-state index contributed by atoms with van der Waals surface area (Å²) in [6, 6.07) is 41.7. The number of non-ortho nitro benzene ring substituents is 1. The van der Waals surface area contributed by atoms with Crippen LogP contribution in [0.2, 0.25) is 0 Å². The van der Waals surface area contributed by atoms with Crippen LogP contribution in [0.1, 0.15) is 44.7 Å². The third kappa shape index (κ3) is 17.5. The number of hydrogen-bond acceptors (Lipinski definition) is 18. The molecule has 0 aliphatic carbocycles. The summed E-state index contributed by atoms with van der Waals surface area (Å²) in [5, 5.41) is 40.2. The summed E-state index contributed by atoms with van der Waals surface area (Å²) >= 11 is 0. The molecule has 5 aromatic rings. The highest BCUT2D eigenvalue weighted by atomic mass is 16.8. The van der Waals surface area contributed by atoms with Crippen LogP contribution in [-0.4, -0.2) is 141 Å². The predicted molar refractivity (Wildman–Crippen MR) is 276 cm³/mol. The van der Waals surface area contributed by atoms with Gasteiger partial charge in [0.1, 0.15) is 18.0 Å². The van der Waals surface area contributed by atoms with Gasteiger partial charge in [0, 0.05) is 42.4 Å². The van der Waals surface area contributed by atoms with Crippen LogP contribution in [0.15, 0.2) is 146 Å². The summed E-state index contributed by atoms with van der Waals surface area (Å²) in [7, 11) is 0. The summed E-state index contributed by atoms with van der Waals surface area (Å²) in [4.78, 5) is 58.5. The Kier molecular flexibility index (Phi) is 21.9. The van der Waals surface area contributed by atoms with Crippen molar-refractivity contribution in [2.75, 3.05) is 52.6 Å². The Labute approximate surface area is 440 Å². The lowest BCUT2D eigenvalue weighted by molar-refractivity contribution is -0.384. The average molecular weight is 1050 g/mol. The van der Waals surface area contributed by atoms with E-state index in [-0.39, 0.29) is 91.9 Å². The first-order valence-electron chi connectivity index (χ1n) is 25.2. The molecule has 0 radical (unpaired) electrons.